The molecule has 3 nitrogen and oxygen atoms in total. The van der Waals surface area contributed by atoms with E-state index in [1.807, 2.05) is 0 Å². The summed E-state index contributed by atoms with van der Waals surface area (Å²) in [6, 6.07) is 34.7. The molecule has 2 aliphatic heterocycles. The molecular weight excluding hydrogens is 647 g/mol. The first-order valence-electron chi connectivity index (χ1n) is 20.4. The van der Waals surface area contributed by atoms with Gasteiger partial charge in [-0.05, 0) is 122 Å². The summed E-state index contributed by atoms with van der Waals surface area (Å²) < 4.78 is 16.6. The molecule has 0 saturated heterocycles. The smallest absolute Gasteiger partial charge is 0.131 e. The average molecular weight is 694 g/mol. The molecule has 5 aromatic rings. The predicted molar refractivity (Wildman–Crippen MR) is 215 cm³/mol. The average Bonchev–Trinajstić information content (AvgIpc) is 3.56. The van der Waals surface area contributed by atoms with E-state index in [1.54, 1.807) is 11.3 Å². The standard InChI is InChI=1S/C50H47NO2/c1-3-14-32(15-4-1)36-21-13-25-46-49(36)50(39-20-9-12-24-45(39)52-46)48-38-19-8-11-23-44(38)53-47-31-34(26-28-40(47)48)33-27-29-43-41(30-33)37-18-7-10-22-42(37)51(43)35-16-5-2-6-17-35/h1,3-5,8-9,11,14-16,19-21,23,26-31,35,46,48-50H,2,6-7,10,12-13,17-18,22,24-25H2. The van der Waals surface area contributed by atoms with Gasteiger partial charge in [0.15, 0.2) is 0 Å². The second kappa shape index (κ2) is 12.8. The van der Waals surface area contributed by atoms with E-state index in [0.29, 0.717) is 6.04 Å². The molecule has 0 N–H and O–H groups in total. The highest BCUT2D eigenvalue weighted by Gasteiger charge is 2.49. The minimum Gasteiger partial charge on any atom is -0.494 e. The predicted octanol–water partition coefficient (Wildman–Crippen LogP) is 12.8. The fraction of sp³-hybridized carbons (Fsp3) is 0.320. The van der Waals surface area contributed by atoms with Gasteiger partial charge in [-0.1, -0.05) is 97.1 Å². The monoisotopic (exact) mass is 693 g/mol. The van der Waals surface area contributed by atoms with Crippen molar-refractivity contribution in [1.82, 2.24) is 4.57 Å². The zero-order valence-electron chi connectivity index (χ0n) is 30.5. The number of fused-ring (bicyclic) bond motifs is 6. The lowest BCUT2D eigenvalue weighted by atomic mass is 9.61. The number of para-hydroxylation sites is 1. The normalized spacial score (nSPS) is 25.7. The van der Waals surface area contributed by atoms with Gasteiger partial charge in [0.2, 0.25) is 0 Å². The molecule has 0 radical (unpaired) electrons. The topological polar surface area (TPSA) is 23.4 Å². The Morgan fingerprint density at radius 1 is 0.642 bits per heavy atom. The molecule has 53 heavy (non-hydrogen) atoms. The van der Waals surface area contributed by atoms with Crippen molar-refractivity contribution in [1.29, 1.82) is 0 Å². The van der Waals surface area contributed by atoms with E-state index in [1.165, 1.54) is 101 Å². The van der Waals surface area contributed by atoms with Crippen LogP contribution in [-0.2, 0) is 17.6 Å². The summed E-state index contributed by atoms with van der Waals surface area (Å²) in [6.45, 7) is 0. The van der Waals surface area contributed by atoms with Crippen LogP contribution in [-0.4, -0.2) is 10.7 Å². The van der Waals surface area contributed by atoms with E-state index in [9.17, 15) is 0 Å². The lowest BCUT2D eigenvalue weighted by Crippen LogP contribution is -2.42. The van der Waals surface area contributed by atoms with Crippen LogP contribution >= 0.6 is 0 Å². The second-order valence-corrected chi connectivity index (χ2v) is 16.2. The minimum absolute atomic E-state index is 0.144. The number of ether oxygens (including phenoxy) is 2. The van der Waals surface area contributed by atoms with Crippen molar-refractivity contribution in [2.45, 2.75) is 88.7 Å². The van der Waals surface area contributed by atoms with Gasteiger partial charge in [-0.3, -0.25) is 0 Å². The number of aromatic nitrogens is 1. The summed E-state index contributed by atoms with van der Waals surface area (Å²) in [5.41, 5.74) is 13.8. The number of aryl methyl sites for hydroxylation is 1. The van der Waals surface area contributed by atoms with E-state index in [2.05, 4.69) is 126 Å². The number of hydrogen-bond donors (Lipinski definition) is 0. The summed E-state index contributed by atoms with van der Waals surface area (Å²) in [5.74, 6) is 3.80. The Bertz CT molecular complexity index is 2370. The molecule has 0 spiro atoms. The van der Waals surface area contributed by atoms with Gasteiger partial charge in [-0.15, -0.1) is 0 Å². The molecule has 0 fully saturated rings. The highest BCUT2D eigenvalue weighted by molar-refractivity contribution is 5.90. The van der Waals surface area contributed by atoms with Crippen molar-refractivity contribution < 1.29 is 9.47 Å². The first kappa shape index (κ1) is 31.5. The highest BCUT2D eigenvalue weighted by Crippen LogP contribution is 2.58. The molecule has 3 heteroatoms. The zero-order chi connectivity index (χ0) is 34.9. The number of allylic oxidation sites excluding steroid dienone is 7. The van der Waals surface area contributed by atoms with Crippen molar-refractivity contribution in [3.63, 3.8) is 0 Å². The van der Waals surface area contributed by atoms with Crippen LogP contribution in [0.5, 0.6) is 11.5 Å². The molecule has 0 bridgehead atoms. The Hall–Kier alpha value is -5.02. The Balaban J connectivity index is 1.05. The molecule has 264 valence electrons. The highest BCUT2D eigenvalue weighted by atomic mass is 16.5. The van der Waals surface area contributed by atoms with Crippen LogP contribution in [0.3, 0.4) is 0 Å². The second-order valence-electron chi connectivity index (χ2n) is 16.2. The largest absolute Gasteiger partial charge is 0.494 e. The summed E-state index contributed by atoms with van der Waals surface area (Å²) in [5, 5.41) is 1.45. The number of hydrogen-bond acceptors (Lipinski definition) is 2. The molecule has 5 unspecified atom stereocenters. The molecule has 3 heterocycles. The molecule has 1 aromatic heterocycles. The van der Waals surface area contributed by atoms with Gasteiger partial charge < -0.3 is 14.0 Å². The van der Waals surface area contributed by atoms with Gasteiger partial charge in [0.05, 0.1) is 6.04 Å². The third-order valence-corrected chi connectivity index (χ3v) is 13.3. The Morgan fingerprint density at radius 2 is 1.49 bits per heavy atom. The summed E-state index contributed by atoms with van der Waals surface area (Å²) in [6.07, 6.45) is 25.1. The van der Waals surface area contributed by atoms with Crippen LogP contribution in [0.15, 0.2) is 133 Å². The minimum atomic E-state index is 0.144. The zero-order valence-corrected chi connectivity index (χ0v) is 30.5. The van der Waals surface area contributed by atoms with Crippen LogP contribution in [0, 0.1) is 11.8 Å². The van der Waals surface area contributed by atoms with Crippen LogP contribution in [0.2, 0.25) is 0 Å². The maximum absolute atomic E-state index is 6.99. The summed E-state index contributed by atoms with van der Waals surface area (Å²) in [7, 11) is 0. The number of rotatable bonds is 4. The van der Waals surface area contributed by atoms with Gasteiger partial charge in [0.25, 0.3) is 0 Å². The third-order valence-electron chi connectivity index (χ3n) is 13.3. The van der Waals surface area contributed by atoms with E-state index in [0.717, 1.165) is 37.2 Å². The molecular formula is C50H47NO2. The molecule has 4 aliphatic carbocycles. The van der Waals surface area contributed by atoms with Crippen LogP contribution < -0.4 is 4.74 Å². The van der Waals surface area contributed by atoms with Crippen molar-refractivity contribution in [2.24, 2.45) is 11.8 Å². The van der Waals surface area contributed by atoms with Crippen molar-refractivity contribution in [2.75, 3.05) is 0 Å². The lowest BCUT2D eigenvalue weighted by molar-refractivity contribution is 0.0255. The Kier molecular flexibility index (Phi) is 7.63. The van der Waals surface area contributed by atoms with Crippen molar-refractivity contribution in [3.05, 3.63) is 161 Å². The van der Waals surface area contributed by atoms with Gasteiger partial charge >= 0.3 is 0 Å². The molecule has 0 amide bonds. The van der Waals surface area contributed by atoms with Gasteiger partial charge in [-0.25, -0.2) is 0 Å². The maximum atomic E-state index is 6.99. The first-order chi connectivity index (χ1) is 26.3. The van der Waals surface area contributed by atoms with Crippen LogP contribution in [0.25, 0.3) is 27.6 Å². The molecule has 0 saturated carbocycles. The van der Waals surface area contributed by atoms with Crippen molar-refractivity contribution >= 4 is 16.5 Å². The van der Waals surface area contributed by atoms with Gasteiger partial charge in [-0.2, -0.15) is 0 Å². The van der Waals surface area contributed by atoms with Gasteiger partial charge in [0.1, 0.15) is 23.4 Å². The van der Waals surface area contributed by atoms with Crippen LogP contribution in [0.4, 0.5) is 0 Å². The fourth-order valence-corrected chi connectivity index (χ4v) is 11.0. The first-order valence-corrected chi connectivity index (χ1v) is 20.4. The molecule has 4 aromatic carbocycles. The molecule has 5 atom stereocenters. The van der Waals surface area contributed by atoms with E-state index >= 15 is 0 Å². The Morgan fingerprint density at radius 3 is 2.42 bits per heavy atom. The summed E-state index contributed by atoms with van der Waals surface area (Å²) in [4.78, 5) is 0. The van der Waals surface area contributed by atoms with Crippen molar-refractivity contribution in [3.8, 4) is 22.6 Å². The number of benzene rings is 4. The molecule has 11 rings (SSSR count). The SMILES string of the molecule is C1=CC(n2c3c(c4cc(-c5ccc6c(c5)Oc5ccccc5C6C5C6=C(CCC=C6)OC6CCC=C(c7ccccc7)C65)ccc42)CCCC3)CCC1. The lowest BCUT2D eigenvalue weighted by Gasteiger charge is -2.48. The Labute approximate surface area is 313 Å². The number of nitrogens with zero attached hydrogens (tertiary/aromatic N) is 1. The van der Waals surface area contributed by atoms with E-state index in [-0.39, 0.29) is 23.9 Å². The summed E-state index contributed by atoms with van der Waals surface area (Å²) >= 11 is 0. The fourth-order valence-electron chi connectivity index (χ4n) is 11.0. The maximum Gasteiger partial charge on any atom is 0.131 e. The van der Waals surface area contributed by atoms with E-state index in [4.69, 9.17) is 9.47 Å². The molecule has 6 aliphatic rings. The van der Waals surface area contributed by atoms with Gasteiger partial charge in [0, 0.05) is 51.9 Å². The quantitative estimate of drug-likeness (QED) is 0.175. The third kappa shape index (κ3) is 5.14. The van der Waals surface area contributed by atoms with E-state index < -0.39 is 0 Å². The van der Waals surface area contributed by atoms with Crippen LogP contribution in [0.1, 0.15) is 97.7 Å².